The molecule has 2 amide bonds. The number of thioether (sulfide) groups is 1. The lowest BCUT2D eigenvalue weighted by atomic mass is 10.1. The number of nitrogens with zero attached hydrogens (tertiary/aromatic N) is 2. The summed E-state index contributed by atoms with van der Waals surface area (Å²) in [5, 5.41) is 20.6. The van der Waals surface area contributed by atoms with Crippen molar-refractivity contribution in [2.24, 2.45) is 0 Å². The van der Waals surface area contributed by atoms with Crippen molar-refractivity contribution in [3.8, 4) is 11.3 Å². The first-order valence-electron chi connectivity index (χ1n) is 13.6. The van der Waals surface area contributed by atoms with Gasteiger partial charge in [0.15, 0.2) is 5.13 Å². The number of aromatic nitrogens is 1. The Balaban J connectivity index is 1.19. The van der Waals surface area contributed by atoms with Crippen LogP contribution in [0.15, 0.2) is 132 Å². The number of fused-ring (bicyclic) bond motifs is 1. The third-order valence-corrected chi connectivity index (χ3v) is 8.79. The number of nitrogens with one attached hydrogen (secondary N) is 2. The van der Waals surface area contributed by atoms with Crippen molar-refractivity contribution >= 4 is 62.2 Å². The lowest BCUT2D eigenvalue weighted by Crippen LogP contribution is -2.19. The fourth-order valence-corrected chi connectivity index (χ4v) is 6.44. The second-order valence-electron chi connectivity index (χ2n) is 9.79. The number of thiazole rings is 1. The van der Waals surface area contributed by atoms with E-state index in [0.29, 0.717) is 27.6 Å². The summed E-state index contributed by atoms with van der Waals surface area (Å²) >= 11 is 2.60. The number of anilines is 2. The van der Waals surface area contributed by atoms with Crippen molar-refractivity contribution < 1.29 is 14.5 Å². The zero-order chi connectivity index (χ0) is 30.5. The highest BCUT2D eigenvalue weighted by molar-refractivity contribution is 8.00. The number of non-ortho nitro benzene ring substituents is 1. The van der Waals surface area contributed by atoms with E-state index < -0.39 is 10.2 Å². The quantitative estimate of drug-likeness (QED) is 0.0955. The number of nitro benzene ring substituents is 1. The lowest BCUT2D eigenvalue weighted by Gasteiger charge is -2.17. The molecule has 6 aromatic rings. The number of amides is 2. The van der Waals surface area contributed by atoms with E-state index in [2.05, 4.69) is 15.6 Å². The number of hydrogen-bond acceptors (Lipinski definition) is 7. The Morgan fingerprint density at radius 1 is 0.795 bits per heavy atom. The molecule has 8 nitrogen and oxygen atoms in total. The van der Waals surface area contributed by atoms with Crippen molar-refractivity contribution in [1.29, 1.82) is 0 Å². The molecule has 44 heavy (non-hydrogen) atoms. The van der Waals surface area contributed by atoms with Gasteiger partial charge < -0.3 is 10.6 Å². The molecule has 0 aliphatic carbocycles. The zero-order valence-corrected chi connectivity index (χ0v) is 24.7. The van der Waals surface area contributed by atoms with Crippen LogP contribution in [0.25, 0.3) is 22.0 Å². The largest absolute Gasteiger partial charge is 0.322 e. The smallest absolute Gasteiger partial charge is 0.270 e. The standard InChI is InChI=1S/C34H24N4O4S2/c39-32(26-17-16-22-8-4-5-11-24(22)18-26)35-27-13-7-15-29(20-27)44-31(23-9-2-1-3-10-23)33(40)37-34-36-30(21-43-34)25-12-6-14-28(19-25)38(41)42/h1-21,31H,(H,35,39)(H,36,37,40). The maximum absolute atomic E-state index is 13.6. The Labute approximate surface area is 260 Å². The van der Waals surface area contributed by atoms with Crippen molar-refractivity contribution in [1.82, 2.24) is 4.98 Å². The van der Waals surface area contributed by atoms with Gasteiger partial charge in [0.1, 0.15) is 5.25 Å². The van der Waals surface area contributed by atoms with Gasteiger partial charge in [-0.1, -0.05) is 78.9 Å². The molecule has 216 valence electrons. The summed E-state index contributed by atoms with van der Waals surface area (Å²) in [5.41, 5.74) is 3.06. The summed E-state index contributed by atoms with van der Waals surface area (Å²) in [6.07, 6.45) is 0. The average Bonchev–Trinajstić information content (AvgIpc) is 3.52. The summed E-state index contributed by atoms with van der Waals surface area (Å²) in [6, 6.07) is 36.5. The Hall–Kier alpha value is -5.32. The maximum Gasteiger partial charge on any atom is 0.270 e. The topological polar surface area (TPSA) is 114 Å². The van der Waals surface area contributed by atoms with Gasteiger partial charge in [-0.15, -0.1) is 23.1 Å². The fourth-order valence-electron chi connectivity index (χ4n) is 4.63. The first-order valence-corrected chi connectivity index (χ1v) is 15.3. The van der Waals surface area contributed by atoms with Crippen LogP contribution in [0.2, 0.25) is 0 Å². The molecule has 6 rings (SSSR count). The first-order chi connectivity index (χ1) is 21.4. The van der Waals surface area contributed by atoms with Gasteiger partial charge in [-0.05, 0) is 46.7 Å². The van der Waals surface area contributed by atoms with Crippen LogP contribution in [0.4, 0.5) is 16.5 Å². The molecule has 10 heteroatoms. The number of rotatable bonds is 9. The lowest BCUT2D eigenvalue weighted by molar-refractivity contribution is -0.384. The predicted molar refractivity (Wildman–Crippen MR) is 176 cm³/mol. The average molecular weight is 617 g/mol. The van der Waals surface area contributed by atoms with E-state index in [-0.39, 0.29) is 17.5 Å². The van der Waals surface area contributed by atoms with Gasteiger partial charge in [0.25, 0.3) is 11.6 Å². The Morgan fingerprint density at radius 2 is 1.57 bits per heavy atom. The number of carbonyl (C=O) groups excluding carboxylic acids is 2. The summed E-state index contributed by atoms with van der Waals surface area (Å²) in [7, 11) is 0. The van der Waals surface area contributed by atoms with E-state index in [9.17, 15) is 19.7 Å². The number of nitro groups is 1. The van der Waals surface area contributed by atoms with Crippen LogP contribution in [0.5, 0.6) is 0 Å². The summed E-state index contributed by atoms with van der Waals surface area (Å²) in [5.74, 6) is -0.495. The van der Waals surface area contributed by atoms with Gasteiger partial charge in [-0.25, -0.2) is 4.98 Å². The van der Waals surface area contributed by atoms with Crippen molar-refractivity contribution in [2.45, 2.75) is 10.1 Å². The molecule has 0 saturated heterocycles. The second kappa shape index (κ2) is 12.9. The number of carbonyl (C=O) groups is 2. The fraction of sp³-hybridized carbons (Fsp3) is 0.0294. The van der Waals surface area contributed by atoms with Gasteiger partial charge in [0.05, 0.1) is 10.6 Å². The van der Waals surface area contributed by atoms with Crippen LogP contribution in [-0.4, -0.2) is 21.7 Å². The molecule has 0 radical (unpaired) electrons. The molecule has 0 spiro atoms. The molecule has 1 unspecified atom stereocenters. The van der Waals surface area contributed by atoms with Crippen LogP contribution >= 0.6 is 23.1 Å². The molecule has 0 fully saturated rings. The third kappa shape index (κ3) is 6.67. The summed E-state index contributed by atoms with van der Waals surface area (Å²) in [4.78, 5) is 42.7. The number of hydrogen-bond donors (Lipinski definition) is 2. The van der Waals surface area contributed by atoms with Crippen LogP contribution < -0.4 is 10.6 Å². The molecule has 0 saturated carbocycles. The van der Waals surface area contributed by atoms with E-state index in [1.807, 2.05) is 91.0 Å². The molecule has 5 aromatic carbocycles. The molecule has 0 aliphatic rings. The summed E-state index contributed by atoms with van der Waals surface area (Å²) in [6.45, 7) is 0. The monoisotopic (exact) mass is 616 g/mol. The summed E-state index contributed by atoms with van der Waals surface area (Å²) < 4.78 is 0. The molecule has 1 heterocycles. The minimum absolute atomic E-state index is 0.0303. The van der Waals surface area contributed by atoms with Gasteiger partial charge in [0, 0.05) is 39.2 Å². The SMILES string of the molecule is O=C(Nc1cccc(SC(C(=O)Nc2nc(-c3cccc([N+](=O)[O-])c3)cs2)c2ccccc2)c1)c1ccc2ccccc2c1. The molecular weight excluding hydrogens is 593 g/mol. The van der Waals surface area contributed by atoms with Crippen LogP contribution in [0.3, 0.4) is 0 Å². The van der Waals surface area contributed by atoms with E-state index >= 15 is 0 Å². The van der Waals surface area contributed by atoms with Crippen molar-refractivity contribution in [3.05, 3.63) is 148 Å². The minimum Gasteiger partial charge on any atom is -0.322 e. The highest BCUT2D eigenvalue weighted by Gasteiger charge is 2.24. The molecule has 0 bridgehead atoms. The molecule has 0 aliphatic heterocycles. The zero-order valence-electron chi connectivity index (χ0n) is 23.0. The minimum atomic E-state index is -0.618. The normalized spacial score (nSPS) is 11.5. The molecule has 1 atom stereocenters. The van der Waals surface area contributed by atoms with E-state index in [1.54, 1.807) is 23.6 Å². The van der Waals surface area contributed by atoms with E-state index in [4.69, 9.17) is 0 Å². The maximum atomic E-state index is 13.6. The first kappa shape index (κ1) is 28.8. The van der Waals surface area contributed by atoms with Crippen LogP contribution in [0.1, 0.15) is 21.2 Å². The molecule has 2 N–H and O–H groups in total. The Morgan fingerprint density at radius 3 is 2.39 bits per heavy atom. The van der Waals surface area contributed by atoms with Gasteiger partial charge in [-0.2, -0.15) is 0 Å². The van der Waals surface area contributed by atoms with Gasteiger partial charge >= 0.3 is 0 Å². The van der Waals surface area contributed by atoms with Crippen molar-refractivity contribution in [2.75, 3.05) is 10.6 Å². The van der Waals surface area contributed by atoms with Crippen LogP contribution in [0, 0.1) is 10.1 Å². The predicted octanol–water partition coefficient (Wildman–Crippen LogP) is 8.60. The Kier molecular flexibility index (Phi) is 8.44. The Bertz CT molecular complexity index is 1990. The highest BCUT2D eigenvalue weighted by atomic mass is 32.2. The third-order valence-electron chi connectivity index (χ3n) is 6.79. The number of benzene rings is 5. The van der Waals surface area contributed by atoms with Crippen molar-refractivity contribution in [3.63, 3.8) is 0 Å². The van der Waals surface area contributed by atoms with Gasteiger partial charge in [-0.3, -0.25) is 19.7 Å². The second-order valence-corrected chi connectivity index (χ2v) is 11.8. The molecule has 1 aromatic heterocycles. The van der Waals surface area contributed by atoms with Crippen LogP contribution in [-0.2, 0) is 4.79 Å². The van der Waals surface area contributed by atoms with Gasteiger partial charge in [0.2, 0.25) is 5.91 Å². The van der Waals surface area contributed by atoms with E-state index in [0.717, 1.165) is 21.2 Å². The van der Waals surface area contributed by atoms with E-state index in [1.165, 1.54) is 35.2 Å². The highest BCUT2D eigenvalue weighted by Crippen LogP contribution is 2.38. The molecular formula is C34H24N4O4S2.